The third-order valence-electron chi connectivity index (χ3n) is 2.92. The molecule has 0 bridgehead atoms. The number of benzene rings is 1. The second kappa shape index (κ2) is 5.22. The Hall–Kier alpha value is -2.17. The Bertz CT molecular complexity index is 641. The van der Waals surface area contributed by atoms with Gasteiger partial charge in [0.15, 0.2) is 0 Å². The molecule has 2 rings (SSSR count). The topological polar surface area (TPSA) is 51.2 Å². The molecule has 0 atom stereocenters. The van der Waals surface area contributed by atoms with Crippen molar-refractivity contribution >= 4 is 22.6 Å². The number of carbonyl (C=O) groups excluding carboxylic acids is 1. The van der Waals surface area contributed by atoms with E-state index in [0.717, 1.165) is 5.56 Å². The summed E-state index contributed by atoms with van der Waals surface area (Å²) < 4.78 is 18.7. The van der Waals surface area contributed by atoms with E-state index in [-0.39, 0.29) is 12.1 Å². The van der Waals surface area contributed by atoms with Gasteiger partial charge in [0, 0.05) is 18.6 Å². The molecule has 0 spiro atoms. The molecule has 4 nitrogen and oxygen atoms in total. The summed E-state index contributed by atoms with van der Waals surface area (Å²) in [6.45, 7) is 3.86. The van der Waals surface area contributed by atoms with Crippen LogP contribution in [0, 0.1) is 12.7 Å². The lowest BCUT2D eigenvalue weighted by atomic mass is 10.0. The van der Waals surface area contributed by atoms with Gasteiger partial charge in [-0.1, -0.05) is 6.07 Å². The molecule has 0 aliphatic carbocycles. The lowest BCUT2D eigenvalue weighted by molar-refractivity contribution is 0.0527. The summed E-state index contributed by atoms with van der Waals surface area (Å²) in [7, 11) is 1.68. The minimum atomic E-state index is -0.468. The van der Waals surface area contributed by atoms with E-state index in [4.69, 9.17) is 4.74 Å². The van der Waals surface area contributed by atoms with Crippen LogP contribution in [0.4, 0.5) is 10.1 Å². The summed E-state index contributed by atoms with van der Waals surface area (Å²) >= 11 is 0. The summed E-state index contributed by atoms with van der Waals surface area (Å²) in [6.07, 6.45) is 1.34. The maximum absolute atomic E-state index is 13.8. The first-order valence-electron chi connectivity index (χ1n) is 6.02. The number of halogens is 1. The van der Waals surface area contributed by atoms with Gasteiger partial charge in [0.25, 0.3) is 0 Å². The zero-order valence-electron chi connectivity index (χ0n) is 11.1. The number of hydrogen-bond acceptors (Lipinski definition) is 4. The molecule has 1 N–H and O–H groups in total. The normalized spacial score (nSPS) is 10.5. The van der Waals surface area contributed by atoms with E-state index in [1.165, 1.54) is 12.3 Å². The van der Waals surface area contributed by atoms with E-state index in [9.17, 15) is 9.18 Å². The Morgan fingerprint density at radius 2 is 2.21 bits per heavy atom. The molecule has 0 fully saturated rings. The molecule has 0 saturated heterocycles. The van der Waals surface area contributed by atoms with Gasteiger partial charge < -0.3 is 10.1 Å². The number of rotatable bonds is 3. The van der Waals surface area contributed by atoms with Gasteiger partial charge in [0.1, 0.15) is 16.9 Å². The summed E-state index contributed by atoms with van der Waals surface area (Å²) in [5.41, 5.74) is 1.95. The zero-order valence-corrected chi connectivity index (χ0v) is 11.1. The van der Waals surface area contributed by atoms with E-state index >= 15 is 0 Å². The van der Waals surface area contributed by atoms with Crippen LogP contribution < -0.4 is 5.32 Å². The Morgan fingerprint density at radius 3 is 2.84 bits per heavy atom. The van der Waals surface area contributed by atoms with Gasteiger partial charge in [-0.05, 0) is 25.5 Å². The largest absolute Gasteiger partial charge is 0.462 e. The summed E-state index contributed by atoms with van der Waals surface area (Å²) in [6, 6.07) is 3.03. The van der Waals surface area contributed by atoms with E-state index in [0.29, 0.717) is 16.6 Å². The highest BCUT2D eigenvalue weighted by Crippen LogP contribution is 2.30. The third kappa shape index (κ3) is 2.23. The van der Waals surface area contributed by atoms with Crippen LogP contribution >= 0.6 is 0 Å². The molecular formula is C14H15FN2O2. The Labute approximate surface area is 110 Å². The molecule has 2 aromatic rings. The predicted molar refractivity (Wildman–Crippen MR) is 71.9 cm³/mol. The first-order valence-corrected chi connectivity index (χ1v) is 6.02. The maximum atomic E-state index is 13.8. The maximum Gasteiger partial charge on any atom is 0.341 e. The molecule has 0 aliphatic heterocycles. The van der Waals surface area contributed by atoms with Crippen LogP contribution in [0.2, 0.25) is 0 Å². The van der Waals surface area contributed by atoms with Crippen LogP contribution in [0.3, 0.4) is 0 Å². The van der Waals surface area contributed by atoms with Gasteiger partial charge in [0.05, 0.1) is 12.3 Å². The molecule has 0 aliphatic rings. The Kier molecular flexibility index (Phi) is 3.64. The SMILES string of the molecule is CCOC(=O)c1cnc2c(F)ccc(C)c2c1NC. The molecule has 100 valence electrons. The van der Waals surface area contributed by atoms with Crippen LogP contribution in [0.15, 0.2) is 18.3 Å². The van der Waals surface area contributed by atoms with Crippen LogP contribution in [0.25, 0.3) is 10.9 Å². The minimum absolute atomic E-state index is 0.248. The van der Waals surface area contributed by atoms with Crippen molar-refractivity contribution in [2.24, 2.45) is 0 Å². The van der Waals surface area contributed by atoms with Crippen LogP contribution in [-0.2, 0) is 4.74 Å². The number of nitrogens with zero attached hydrogens (tertiary/aromatic N) is 1. The fraction of sp³-hybridized carbons (Fsp3) is 0.286. The molecule has 5 heteroatoms. The number of hydrogen-bond donors (Lipinski definition) is 1. The van der Waals surface area contributed by atoms with Gasteiger partial charge >= 0.3 is 5.97 Å². The number of nitrogens with one attached hydrogen (secondary N) is 1. The van der Waals surface area contributed by atoms with Crippen molar-refractivity contribution in [3.05, 3.63) is 35.3 Å². The molecule has 1 heterocycles. The number of pyridine rings is 1. The van der Waals surface area contributed by atoms with Crippen molar-refractivity contribution in [2.45, 2.75) is 13.8 Å². The first kappa shape index (κ1) is 13.3. The average Bonchev–Trinajstić information content (AvgIpc) is 2.41. The average molecular weight is 262 g/mol. The standard InChI is InChI=1S/C14H15FN2O2/c1-4-19-14(18)9-7-17-13-10(15)6-5-8(2)11(13)12(9)16-3/h5-7H,4H2,1-3H3,(H,16,17). The van der Waals surface area contributed by atoms with Crippen LogP contribution in [0.5, 0.6) is 0 Å². The monoisotopic (exact) mass is 262 g/mol. The van der Waals surface area contributed by atoms with Gasteiger partial charge in [-0.2, -0.15) is 0 Å². The van der Waals surface area contributed by atoms with E-state index in [1.807, 2.05) is 6.92 Å². The number of ether oxygens (including phenoxy) is 1. The van der Waals surface area contributed by atoms with Crippen molar-refractivity contribution in [1.29, 1.82) is 0 Å². The molecule has 0 radical (unpaired) electrons. The molecule has 1 aromatic heterocycles. The van der Waals surface area contributed by atoms with Crippen molar-refractivity contribution in [2.75, 3.05) is 19.0 Å². The van der Waals surface area contributed by atoms with Crippen molar-refractivity contribution in [3.63, 3.8) is 0 Å². The molecule has 0 amide bonds. The van der Waals surface area contributed by atoms with Gasteiger partial charge in [-0.25, -0.2) is 9.18 Å². The second-order valence-electron chi connectivity index (χ2n) is 4.11. The molecule has 1 aromatic carbocycles. The third-order valence-corrected chi connectivity index (χ3v) is 2.92. The molecular weight excluding hydrogens is 247 g/mol. The fourth-order valence-corrected chi connectivity index (χ4v) is 2.06. The van der Waals surface area contributed by atoms with Crippen LogP contribution in [0.1, 0.15) is 22.8 Å². The Balaban J connectivity index is 2.76. The summed E-state index contributed by atoms with van der Waals surface area (Å²) in [4.78, 5) is 15.9. The van der Waals surface area contributed by atoms with Crippen molar-refractivity contribution in [1.82, 2.24) is 4.98 Å². The highest BCUT2D eigenvalue weighted by molar-refractivity contribution is 6.06. The minimum Gasteiger partial charge on any atom is -0.462 e. The van der Waals surface area contributed by atoms with Crippen molar-refractivity contribution < 1.29 is 13.9 Å². The van der Waals surface area contributed by atoms with Gasteiger partial charge in [-0.15, -0.1) is 0 Å². The number of aromatic nitrogens is 1. The smallest absolute Gasteiger partial charge is 0.341 e. The Morgan fingerprint density at radius 1 is 1.47 bits per heavy atom. The van der Waals surface area contributed by atoms with Crippen molar-refractivity contribution in [3.8, 4) is 0 Å². The first-order chi connectivity index (χ1) is 9.10. The van der Waals surface area contributed by atoms with Gasteiger partial charge in [-0.3, -0.25) is 4.98 Å². The summed E-state index contributed by atoms with van der Waals surface area (Å²) in [5, 5.41) is 3.54. The van der Waals surface area contributed by atoms with E-state index in [1.54, 1.807) is 20.0 Å². The number of esters is 1. The van der Waals surface area contributed by atoms with E-state index < -0.39 is 11.8 Å². The lowest BCUT2D eigenvalue weighted by Crippen LogP contribution is -2.10. The number of fused-ring (bicyclic) bond motifs is 1. The molecule has 0 unspecified atom stereocenters. The zero-order chi connectivity index (χ0) is 14.0. The number of aryl methyl sites for hydroxylation is 1. The lowest BCUT2D eigenvalue weighted by Gasteiger charge is -2.13. The van der Waals surface area contributed by atoms with Crippen LogP contribution in [-0.4, -0.2) is 24.6 Å². The second-order valence-corrected chi connectivity index (χ2v) is 4.11. The number of anilines is 1. The highest BCUT2D eigenvalue weighted by atomic mass is 19.1. The predicted octanol–water partition coefficient (Wildman–Crippen LogP) is 2.90. The summed E-state index contributed by atoms with van der Waals surface area (Å²) in [5.74, 6) is -0.877. The molecule has 0 saturated carbocycles. The number of carbonyl (C=O) groups is 1. The van der Waals surface area contributed by atoms with Gasteiger partial charge in [0.2, 0.25) is 0 Å². The fourth-order valence-electron chi connectivity index (χ4n) is 2.06. The van der Waals surface area contributed by atoms with E-state index in [2.05, 4.69) is 10.3 Å². The quantitative estimate of drug-likeness (QED) is 0.864. The highest BCUT2D eigenvalue weighted by Gasteiger charge is 2.18. The molecule has 19 heavy (non-hydrogen) atoms.